The zero-order valence-electron chi connectivity index (χ0n) is 16.6. The second-order valence-corrected chi connectivity index (χ2v) is 7.00. The summed E-state index contributed by atoms with van der Waals surface area (Å²) >= 11 is 0. The van der Waals surface area contributed by atoms with Gasteiger partial charge >= 0.3 is 5.97 Å². The summed E-state index contributed by atoms with van der Waals surface area (Å²) in [7, 11) is 0. The number of hydrogen-bond acceptors (Lipinski definition) is 7. The van der Waals surface area contributed by atoms with Crippen molar-refractivity contribution in [2.24, 2.45) is 0 Å². The third kappa shape index (κ3) is 3.93. The largest absolute Gasteiger partial charge is 0.478 e. The first-order valence-electron chi connectivity index (χ1n) is 9.49. The minimum Gasteiger partial charge on any atom is -0.478 e. The maximum absolute atomic E-state index is 11.5. The van der Waals surface area contributed by atoms with Crippen molar-refractivity contribution in [2.45, 2.75) is 19.8 Å². The van der Waals surface area contributed by atoms with E-state index in [9.17, 15) is 9.90 Å². The van der Waals surface area contributed by atoms with Gasteiger partial charge in [0, 0.05) is 48.1 Å². The first kappa shape index (κ1) is 19.4. The molecule has 3 heterocycles. The minimum atomic E-state index is -0.959. The van der Waals surface area contributed by atoms with Crippen molar-refractivity contribution in [1.29, 1.82) is 0 Å². The van der Waals surface area contributed by atoms with E-state index in [0.717, 1.165) is 16.8 Å². The monoisotopic (exact) mass is 400 g/mol. The predicted molar refractivity (Wildman–Crippen MR) is 113 cm³/mol. The van der Waals surface area contributed by atoms with Crippen LogP contribution in [0.5, 0.6) is 0 Å². The van der Waals surface area contributed by atoms with Gasteiger partial charge in [-0.3, -0.25) is 4.98 Å². The van der Waals surface area contributed by atoms with Gasteiger partial charge in [-0.25, -0.2) is 24.7 Å². The van der Waals surface area contributed by atoms with Gasteiger partial charge in [-0.2, -0.15) is 0 Å². The quantitative estimate of drug-likeness (QED) is 0.503. The van der Waals surface area contributed by atoms with Gasteiger partial charge in [0.25, 0.3) is 0 Å². The van der Waals surface area contributed by atoms with Crippen molar-refractivity contribution in [1.82, 2.24) is 24.9 Å². The molecule has 0 bridgehead atoms. The summed E-state index contributed by atoms with van der Waals surface area (Å²) < 4.78 is 0. The highest BCUT2D eigenvalue weighted by atomic mass is 16.4. The number of aromatic nitrogens is 5. The van der Waals surface area contributed by atoms with Crippen LogP contribution in [0.4, 0.5) is 5.82 Å². The number of carboxylic acids is 1. The lowest BCUT2D eigenvalue weighted by Gasteiger charge is -2.16. The molecule has 0 aliphatic heterocycles. The Kier molecular flexibility index (Phi) is 5.30. The van der Waals surface area contributed by atoms with E-state index in [0.29, 0.717) is 29.1 Å². The van der Waals surface area contributed by atoms with Crippen LogP contribution in [0.3, 0.4) is 0 Å². The molecular weight excluding hydrogens is 380 g/mol. The molecule has 0 amide bonds. The SMILES string of the molecule is Cc1ncc(-c2cc(NC[C@@H](C)c3cccc4c(C(=O)O)ccnc34)ncn2)cn1. The van der Waals surface area contributed by atoms with Crippen molar-refractivity contribution >= 4 is 22.7 Å². The fourth-order valence-electron chi connectivity index (χ4n) is 3.29. The molecule has 1 aromatic carbocycles. The van der Waals surface area contributed by atoms with Crippen LogP contribution in [0.25, 0.3) is 22.2 Å². The number of nitrogens with zero attached hydrogens (tertiary/aromatic N) is 5. The van der Waals surface area contributed by atoms with E-state index in [4.69, 9.17) is 0 Å². The first-order chi connectivity index (χ1) is 14.5. The third-order valence-electron chi connectivity index (χ3n) is 4.90. The Bertz CT molecular complexity index is 1210. The first-order valence-corrected chi connectivity index (χ1v) is 9.49. The van der Waals surface area contributed by atoms with Gasteiger partial charge in [0.15, 0.2) is 0 Å². The number of rotatable bonds is 6. The molecule has 1 atom stereocenters. The third-order valence-corrected chi connectivity index (χ3v) is 4.90. The Morgan fingerprint density at radius 1 is 1.10 bits per heavy atom. The van der Waals surface area contributed by atoms with E-state index in [1.807, 2.05) is 25.1 Å². The molecule has 8 nitrogen and oxygen atoms in total. The lowest BCUT2D eigenvalue weighted by molar-refractivity contribution is 0.0699. The van der Waals surface area contributed by atoms with Gasteiger partial charge in [-0.1, -0.05) is 25.1 Å². The van der Waals surface area contributed by atoms with Gasteiger partial charge in [-0.15, -0.1) is 0 Å². The van der Waals surface area contributed by atoms with E-state index >= 15 is 0 Å². The molecule has 0 saturated heterocycles. The molecule has 150 valence electrons. The maximum Gasteiger partial charge on any atom is 0.336 e. The smallest absolute Gasteiger partial charge is 0.336 e. The van der Waals surface area contributed by atoms with Crippen LogP contribution in [0.1, 0.15) is 34.6 Å². The molecule has 4 rings (SSSR count). The number of pyridine rings is 1. The zero-order valence-corrected chi connectivity index (χ0v) is 16.6. The highest BCUT2D eigenvalue weighted by molar-refractivity contribution is 6.03. The van der Waals surface area contributed by atoms with Gasteiger partial charge in [0.1, 0.15) is 18.0 Å². The number of hydrogen-bond donors (Lipinski definition) is 2. The Morgan fingerprint density at radius 3 is 2.67 bits per heavy atom. The summed E-state index contributed by atoms with van der Waals surface area (Å²) in [6, 6.07) is 9.00. The number of para-hydroxylation sites is 1. The highest BCUT2D eigenvalue weighted by Gasteiger charge is 2.15. The van der Waals surface area contributed by atoms with Gasteiger partial charge in [-0.05, 0) is 18.6 Å². The van der Waals surface area contributed by atoms with E-state index in [1.165, 1.54) is 18.6 Å². The predicted octanol–water partition coefficient (Wildman–Crippen LogP) is 3.70. The molecule has 0 spiro atoms. The number of carboxylic acid groups (broad SMARTS) is 1. The lowest BCUT2D eigenvalue weighted by Crippen LogP contribution is -2.12. The number of aromatic carboxylic acids is 1. The molecule has 8 heteroatoms. The highest BCUT2D eigenvalue weighted by Crippen LogP contribution is 2.27. The van der Waals surface area contributed by atoms with Crippen LogP contribution in [0.2, 0.25) is 0 Å². The van der Waals surface area contributed by atoms with Crippen molar-refractivity contribution in [3.05, 3.63) is 72.2 Å². The van der Waals surface area contributed by atoms with Crippen LogP contribution >= 0.6 is 0 Å². The molecular formula is C22H20N6O2. The molecule has 4 aromatic rings. The molecule has 3 aromatic heterocycles. The van der Waals surface area contributed by atoms with Gasteiger partial charge < -0.3 is 10.4 Å². The summed E-state index contributed by atoms with van der Waals surface area (Å²) in [5.41, 5.74) is 3.48. The molecule has 0 radical (unpaired) electrons. The summed E-state index contributed by atoms with van der Waals surface area (Å²) in [6.45, 7) is 4.49. The van der Waals surface area contributed by atoms with E-state index in [-0.39, 0.29) is 11.5 Å². The fourth-order valence-corrected chi connectivity index (χ4v) is 3.29. The number of carbonyl (C=O) groups is 1. The lowest BCUT2D eigenvalue weighted by atomic mass is 9.96. The zero-order chi connectivity index (χ0) is 21.1. The molecule has 30 heavy (non-hydrogen) atoms. The Balaban J connectivity index is 1.55. The number of fused-ring (bicyclic) bond motifs is 1. The van der Waals surface area contributed by atoms with Crippen LogP contribution in [0.15, 0.2) is 55.2 Å². The number of nitrogens with one attached hydrogen (secondary N) is 1. The molecule has 0 saturated carbocycles. The second-order valence-electron chi connectivity index (χ2n) is 7.00. The summed E-state index contributed by atoms with van der Waals surface area (Å²) in [4.78, 5) is 32.9. The van der Waals surface area contributed by atoms with Crippen molar-refractivity contribution in [2.75, 3.05) is 11.9 Å². The summed E-state index contributed by atoms with van der Waals surface area (Å²) in [5.74, 6) is 0.506. The van der Waals surface area contributed by atoms with Gasteiger partial charge in [0.05, 0.1) is 16.8 Å². The average molecular weight is 400 g/mol. The molecule has 0 aliphatic carbocycles. The summed E-state index contributed by atoms with van der Waals surface area (Å²) in [6.07, 6.45) is 6.51. The second kappa shape index (κ2) is 8.20. The minimum absolute atomic E-state index is 0.0753. The van der Waals surface area contributed by atoms with E-state index in [1.54, 1.807) is 18.5 Å². The Labute approximate surface area is 173 Å². The van der Waals surface area contributed by atoms with Gasteiger partial charge in [0.2, 0.25) is 0 Å². The molecule has 0 unspecified atom stereocenters. The number of benzene rings is 1. The number of anilines is 1. The van der Waals surface area contributed by atoms with Crippen LogP contribution in [0, 0.1) is 6.92 Å². The number of aryl methyl sites for hydroxylation is 1. The molecule has 2 N–H and O–H groups in total. The average Bonchev–Trinajstić information content (AvgIpc) is 2.77. The topological polar surface area (TPSA) is 114 Å². The van der Waals surface area contributed by atoms with Crippen molar-refractivity contribution in [3.8, 4) is 11.3 Å². The van der Waals surface area contributed by atoms with E-state index < -0.39 is 5.97 Å². The van der Waals surface area contributed by atoms with Crippen LogP contribution < -0.4 is 5.32 Å². The fraction of sp³-hybridized carbons (Fsp3) is 0.182. The Morgan fingerprint density at radius 2 is 1.90 bits per heavy atom. The normalized spacial score (nSPS) is 11.9. The van der Waals surface area contributed by atoms with Crippen LogP contribution in [-0.4, -0.2) is 42.5 Å². The molecule has 0 aliphatic rings. The van der Waals surface area contributed by atoms with Crippen molar-refractivity contribution < 1.29 is 9.90 Å². The molecule has 0 fully saturated rings. The maximum atomic E-state index is 11.5. The standard InChI is InChI=1S/C22H20N6O2/c1-13(16-4-3-5-17-18(22(29)30)6-7-23-21(16)17)9-26-20-8-19(27-12-28-20)15-10-24-14(2)25-11-15/h3-8,10-13H,9H2,1-2H3,(H,29,30)(H,26,27,28)/t13-/m1/s1. The van der Waals surface area contributed by atoms with Crippen molar-refractivity contribution in [3.63, 3.8) is 0 Å². The van der Waals surface area contributed by atoms with Crippen LogP contribution in [-0.2, 0) is 0 Å². The Hall–Kier alpha value is -3.94. The van der Waals surface area contributed by atoms with E-state index in [2.05, 4.69) is 37.2 Å². The summed E-state index contributed by atoms with van der Waals surface area (Å²) in [5, 5.41) is 13.4.